The van der Waals surface area contributed by atoms with Crippen LogP contribution in [0, 0.1) is 18.8 Å². The fraction of sp³-hybridized carbons (Fsp3) is 0.571. The number of likely N-dealkylation sites (tertiary alicyclic amines) is 1. The molecule has 1 saturated carbocycles. The number of amides is 3. The van der Waals surface area contributed by atoms with E-state index < -0.39 is 0 Å². The third-order valence-corrected chi connectivity index (χ3v) is 9.65. The molecule has 2 fully saturated rings. The van der Waals surface area contributed by atoms with Crippen LogP contribution in [-0.2, 0) is 16.1 Å². The van der Waals surface area contributed by atoms with Crippen molar-refractivity contribution >= 4 is 23.4 Å². The summed E-state index contributed by atoms with van der Waals surface area (Å²) < 4.78 is 0. The molecule has 2 aliphatic rings. The van der Waals surface area contributed by atoms with Gasteiger partial charge in [0, 0.05) is 63.5 Å². The van der Waals surface area contributed by atoms with Gasteiger partial charge in [0.2, 0.25) is 11.8 Å². The van der Waals surface area contributed by atoms with E-state index in [9.17, 15) is 14.4 Å². The molecule has 234 valence electrons. The molecule has 2 aromatic rings. The Morgan fingerprint density at radius 2 is 1.63 bits per heavy atom. The van der Waals surface area contributed by atoms with Gasteiger partial charge in [-0.25, -0.2) is 0 Å². The fourth-order valence-electron chi connectivity index (χ4n) is 6.90. The van der Waals surface area contributed by atoms with Crippen LogP contribution < -0.4 is 15.5 Å². The van der Waals surface area contributed by atoms with Gasteiger partial charge in [0.1, 0.15) is 0 Å². The molecule has 1 aliphatic heterocycles. The quantitative estimate of drug-likeness (QED) is 0.437. The molecule has 0 radical (unpaired) electrons. The van der Waals surface area contributed by atoms with Gasteiger partial charge in [-0.3, -0.25) is 14.4 Å². The third kappa shape index (κ3) is 7.77. The lowest BCUT2D eigenvalue weighted by Gasteiger charge is -2.39. The average Bonchev–Trinajstić information content (AvgIpc) is 2.96. The monoisotopic (exact) mass is 589 g/mol. The van der Waals surface area contributed by atoms with Crippen LogP contribution in [-0.4, -0.2) is 80.4 Å². The minimum absolute atomic E-state index is 0.0260. The SMILES string of the molecule is CC(=O)NC1CCC(N(C)c2cc(-c3ccc(CN(C)C)cc3)cc(C(=O)NCC3C(=O)N(C)C(C)CC3C)c2C)CC1. The normalized spacial score (nSPS) is 24.2. The molecule has 2 aromatic carbocycles. The number of benzene rings is 2. The zero-order valence-corrected chi connectivity index (χ0v) is 27.4. The number of hydrogen-bond acceptors (Lipinski definition) is 5. The van der Waals surface area contributed by atoms with E-state index in [0.717, 1.165) is 61.0 Å². The Hall–Kier alpha value is -3.39. The summed E-state index contributed by atoms with van der Waals surface area (Å²) in [5.41, 5.74) is 5.91. The topological polar surface area (TPSA) is 85.0 Å². The Bertz CT molecular complexity index is 1300. The highest BCUT2D eigenvalue weighted by molar-refractivity contribution is 5.99. The van der Waals surface area contributed by atoms with E-state index in [-0.39, 0.29) is 41.6 Å². The first-order valence-corrected chi connectivity index (χ1v) is 15.8. The summed E-state index contributed by atoms with van der Waals surface area (Å²) in [6.07, 6.45) is 4.75. The molecule has 0 aromatic heterocycles. The predicted octanol–water partition coefficient (Wildman–Crippen LogP) is 4.84. The number of nitrogens with one attached hydrogen (secondary N) is 2. The Balaban J connectivity index is 1.62. The minimum Gasteiger partial charge on any atom is -0.371 e. The minimum atomic E-state index is -0.223. The second-order valence-corrected chi connectivity index (χ2v) is 13.2. The number of piperidine rings is 1. The summed E-state index contributed by atoms with van der Waals surface area (Å²) in [6, 6.07) is 13.5. The van der Waals surface area contributed by atoms with E-state index in [0.29, 0.717) is 18.2 Å². The van der Waals surface area contributed by atoms with Crippen molar-refractivity contribution in [2.75, 3.05) is 39.6 Å². The van der Waals surface area contributed by atoms with Crippen LogP contribution in [0.1, 0.15) is 74.4 Å². The van der Waals surface area contributed by atoms with Crippen molar-refractivity contribution in [2.45, 2.75) is 84.5 Å². The number of anilines is 1. The van der Waals surface area contributed by atoms with Crippen molar-refractivity contribution in [3.63, 3.8) is 0 Å². The molecule has 2 N–H and O–H groups in total. The summed E-state index contributed by atoms with van der Waals surface area (Å²) >= 11 is 0. The van der Waals surface area contributed by atoms with Gasteiger partial charge in [0.05, 0.1) is 5.92 Å². The number of carbonyl (C=O) groups excluding carboxylic acids is 3. The maximum absolute atomic E-state index is 13.8. The Labute approximate surface area is 258 Å². The number of carbonyl (C=O) groups is 3. The lowest BCUT2D eigenvalue weighted by molar-refractivity contribution is -0.141. The zero-order valence-electron chi connectivity index (χ0n) is 27.4. The molecule has 0 bridgehead atoms. The summed E-state index contributed by atoms with van der Waals surface area (Å²) in [5, 5.41) is 6.21. The third-order valence-electron chi connectivity index (χ3n) is 9.65. The Kier molecular flexibility index (Phi) is 10.5. The smallest absolute Gasteiger partial charge is 0.251 e. The summed E-state index contributed by atoms with van der Waals surface area (Å²) in [4.78, 5) is 44.7. The van der Waals surface area contributed by atoms with E-state index in [1.807, 2.05) is 24.9 Å². The zero-order chi connectivity index (χ0) is 31.4. The molecular formula is C35H51N5O3. The lowest BCUT2D eigenvalue weighted by atomic mass is 9.83. The van der Waals surface area contributed by atoms with E-state index in [4.69, 9.17) is 0 Å². The van der Waals surface area contributed by atoms with Crippen LogP contribution in [0.5, 0.6) is 0 Å². The second-order valence-electron chi connectivity index (χ2n) is 13.2. The van der Waals surface area contributed by atoms with Gasteiger partial charge in [0.15, 0.2) is 0 Å². The lowest BCUT2D eigenvalue weighted by Crippen LogP contribution is -2.51. The highest BCUT2D eigenvalue weighted by Gasteiger charge is 2.36. The predicted molar refractivity (Wildman–Crippen MR) is 174 cm³/mol. The first-order valence-electron chi connectivity index (χ1n) is 15.8. The average molecular weight is 590 g/mol. The van der Waals surface area contributed by atoms with Crippen molar-refractivity contribution in [1.29, 1.82) is 0 Å². The van der Waals surface area contributed by atoms with Crippen molar-refractivity contribution in [2.24, 2.45) is 11.8 Å². The standard InChI is InChI=1S/C35H51N5O3/c1-22-17-23(2)39(7)35(43)32(22)20-36-34(42)31-18-28(27-11-9-26(10-12-27)21-38(5)6)19-33(24(31)3)40(8)30-15-13-29(14-16-30)37-25(4)41/h9-12,18-19,22-23,29-30,32H,13-17,20-21H2,1-8H3,(H,36,42)(H,37,41). The van der Waals surface area contributed by atoms with Gasteiger partial charge in [-0.05, 0) is 100 Å². The second kappa shape index (κ2) is 13.9. The van der Waals surface area contributed by atoms with E-state index >= 15 is 0 Å². The molecule has 1 heterocycles. The number of hydrogen-bond donors (Lipinski definition) is 2. The summed E-state index contributed by atoms with van der Waals surface area (Å²) in [5.74, 6) is -0.0303. The van der Waals surface area contributed by atoms with Gasteiger partial charge in [0.25, 0.3) is 5.91 Å². The first-order chi connectivity index (χ1) is 20.3. The van der Waals surface area contributed by atoms with Crippen LogP contribution >= 0.6 is 0 Å². The van der Waals surface area contributed by atoms with Crippen molar-refractivity contribution in [3.05, 3.63) is 53.1 Å². The van der Waals surface area contributed by atoms with E-state index in [1.54, 1.807) is 6.92 Å². The van der Waals surface area contributed by atoms with Crippen LogP contribution in [0.3, 0.4) is 0 Å². The Morgan fingerprint density at radius 1 is 0.977 bits per heavy atom. The van der Waals surface area contributed by atoms with Gasteiger partial charge in [-0.15, -0.1) is 0 Å². The van der Waals surface area contributed by atoms with Gasteiger partial charge in [-0.1, -0.05) is 31.2 Å². The van der Waals surface area contributed by atoms with Crippen molar-refractivity contribution in [1.82, 2.24) is 20.4 Å². The van der Waals surface area contributed by atoms with Crippen molar-refractivity contribution in [3.8, 4) is 11.1 Å². The molecule has 8 nitrogen and oxygen atoms in total. The molecule has 0 spiro atoms. The van der Waals surface area contributed by atoms with Crippen LogP contribution in [0.25, 0.3) is 11.1 Å². The van der Waals surface area contributed by atoms with Crippen LogP contribution in [0.15, 0.2) is 36.4 Å². The molecule has 3 atom stereocenters. The molecule has 1 aliphatic carbocycles. The molecule has 1 saturated heterocycles. The molecule has 3 amide bonds. The van der Waals surface area contributed by atoms with Crippen LogP contribution in [0.4, 0.5) is 5.69 Å². The van der Waals surface area contributed by atoms with E-state index in [1.165, 1.54) is 5.56 Å². The van der Waals surface area contributed by atoms with E-state index in [2.05, 4.69) is 85.8 Å². The highest BCUT2D eigenvalue weighted by Crippen LogP contribution is 2.35. The maximum Gasteiger partial charge on any atom is 0.251 e. The summed E-state index contributed by atoms with van der Waals surface area (Å²) in [7, 11) is 8.10. The number of rotatable bonds is 9. The number of nitrogens with zero attached hydrogens (tertiary/aromatic N) is 3. The van der Waals surface area contributed by atoms with Crippen LogP contribution in [0.2, 0.25) is 0 Å². The summed E-state index contributed by atoms with van der Waals surface area (Å²) in [6.45, 7) is 8.99. The molecular weight excluding hydrogens is 538 g/mol. The molecule has 4 rings (SSSR count). The highest BCUT2D eigenvalue weighted by atomic mass is 16.2. The van der Waals surface area contributed by atoms with Gasteiger partial charge < -0.3 is 25.3 Å². The molecule has 43 heavy (non-hydrogen) atoms. The van der Waals surface area contributed by atoms with Gasteiger partial charge >= 0.3 is 0 Å². The van der Waals surface area contributed by atoms with Crippen molar-refractivity contribution < 1.29 is 14.4 Å². The Morgan fingerprint density at radius 3 is 2.23 bits per heavy atom. The maximum atomic E-state index is 13.8. The molecule has 8 heteroatoms. The molecule has 3 unspecified atom stereocenters. The van der Waals surface area contributed by atoms with Gasteiger partial charge in [-0.2, -0.15) is 0 Å². The fourth-order valence-corrected chi connectivity index (χ4v) is 6.90. The first kappa shape index (κ1) is 32.5. The largest absolute Gasteiger partial charge is 0.371 e.